The molecule has 2 heterocycles. The minimum absolute atomic E-state index is 0.0731. The van der Waals surface area contributed by atoms with Crippen molar-refractivity contribution in [2.24, 2.45) is 0 Å². The van der Waals surface area contributed by atoms with Gasteiger partial charge in [0.05, 0.1) is 16.9 Å². The van der Waals surface area contributed by atoms with Crippen molar-refractivity contribution in [1.29, 1.82) is 0 Å². The Balaban J connectivity index is 2.38. The minimum Gasteiger partial charge on any atom is -0.399 e. The minimum atomic E-state index is -2.72. The molecule has 0 spiro atoms. The molecule has 0 aromatic carbocycles. The number of alkyl halides is 2. The van der Waals surface area contributed by atoms with Crippen LogP contribution in [0, 0.1) is 0 Å². The molecule has 1 aromatic heterocycles. The first-order chi connectivity index (χ1) is 8.66. The van der Waals surface area contributed by atoms with E-state index in [0.717, 1.165) is 0 Å². The first kappa shape index (κ1) is 14.2. The van der Waals surface area contributed by atoms with Gasteiger partial charge in [-0.05, 0) is 33.8 Å². The maximum atomic E-state index is 12.8. The van der Waals surface area contributed by atoms with Crippen LogP contribution >= 0.6 is 0 Å². The summed E-state index contributed by atoms with van der Waals surface area (Å²) >= 11 is 0. The third kappa shape index (κ3) is 2.32. The van der Waals surface area contributed by atoms with Gasteiger partial charge in [-0.25, -0.2) is 8.78 Å². The fourth-order valence-electron chi connectivity index (χ4n) is 1.85. The standard InChI is InChI=1S/C12H17BF2N2O2/c1-11(2)12(3,4)19-13(18-11)7-5-6-17-9(8(7)16)10(14)15/h5-6,10H,16H2,1-4H3. The summed E-state index contributed by atoms with van der Waals surface area (Å²) < 4.78 is 37.1. The van der Waals surface area contributed by atoms with E-state index in [0.29, 0.717) is 5.46 Å². The molecule has 1 fully saturated rings. The number of pyridine rings is 1. The summed E-state index contributed by atoms with van der Waals surface area (Å²) in [5.41, 5.74) is 4.53. The molecule has 1 saturated heterocycles. The fourth-order valence-corrected chi connectivity index (χ4v) is 1.85. The quantitative estimate of drug-likeness (QED) is 0.834. The van der Waals surface area contributed by atoms with Crippen molar-refractivity contribution >= 4 is 18.3 Å². The number of aromatic nitrogens is 1. The second-order valence-electron chi connectivity index (χ2n) is 5.59. The molecule has 7 heteroatoms. The van der Waals surface area contributed by atoms with E-state index in [1.165, 1.54) is 6.20 Å². The number of nitrogens with two attached hydrogens (primary N) is 1. The lowest BCUT2D eigenvalue weighted by Gasteiger charge is -2.32. The Bertz CT molecular complexity index is 479. The van der Waals surface area contributed by atoms with Gasteiger partial charge in [0.1, 0.15) is 5.69 Å². The van der Waals surface area contributed by atoms with Crippen molar-refractivity contribution in [2.45, 2.75) is 45.3 Å². The Morgan fingerprint density at radius 3 is 2.21 bits per heavy atom. The Labute approximate surface area is 111 Å². The van der Waals surface area contributed by atoms with Crippen molar-refractivity contribution in [1.82, 2.24) is 4.98 Å². The number of anilines is 1. The molecule has 19 heavy (non-hydrogen) atoms. The SMILES string of the molecule is CC1(C)OB(c2ccnc(C(F)F)c2N)OC1(C)C. The predicted octanol–water partition coefficient (Wildman–Crippen LogP) is 1.90. The molecule has 1 aliphatic heterocycles. The van der Waals surface area contributed by atoms with Crippen molar-refractivity contribution in [3.63, 3.8) is 0 Å². The molecule has 2 rings (SSSR count). The van der Waals surface area contributed by atoms with Crippen LogP contribution in [0.4, 0.5) is 14.5 Å². The molecular weight excluding hydrogens is 253 g/mol. The topological polar surface area (TPSA) is 57.4 Å². The summed E-state index contributed by atoms with van der Waals surface area (Å²) in [6.45, 7) is 7.55. The van der Waals surface area contributed by atoms with Crippen LogP contribution < -0.4 is 11.2 Å². The van der Waals surface area contributed by atoms with Crippen LogP contribution in [-0.4, -0.2) is 23.3 Å². The van der Waals surface area contributed by atoms with Crippen LogP contribution in [0.2, 0.25) is 0 Å². The van der Waals surface area contributed by atoms with Crippen molar-refractivity contribution < 1.29 is 18.1 Å². The Hall–Kier alpha value is -1.21. The summed E-state index contributed by atoms with van der Waals surface area (Å²) in [5.74, 6) is 0. The number of hydrogen-bond donors (Lipinski definition) is 1. The van der Waals surface area contributed by atoms with Crippen LogP contribution in [0.15, 0.2) is 12.3 Å². The van der Waals surface area contributed by atoms with Crippen LogP contribution in [-0.2, 0) is 9.31 Å². The summed E-state index contributed by atoms with van der Waals surface area (Å²) in [4.78, 5) is 3.60. The fraction of sp³-hybridized carbons (Fsp3) is 0.583. The largest absolute Gasteiger partial charge is 0.497 e. The van der Waals surface area contributed by atoms with Gasteiger partial charge in [-0.15, -0.1) is 0 Å². The number of nitrogens with zero attached hydrogens (tertiary/aromatic N) is 1. The van der Waals surface area contributed by atoms with E-state index in [2.05, 4.69) is 4.98 Å². The van der Waals surface area contributed by atoms with E-state index >= 15 is 0 Å². The zero-order chi connectivity index (χ0) is 14.4. The van der Waals surface area contributed by atoms with Crippen molar-refractivity contribution in [3.05, 3.63) is 18.0 Å². The van der Waals surface area contributed by atoms with E-state index in [1.807, 2.05) is 27.7 Å². The van der Waals surface area contributed by atoms with E-state index in [9.17, 15) is 8.78 Å². The molecule has 4 nitrogen and oxygen atoms in total. The van der Waals surface area contributed by atoms with Crippen LogP contribution in [0.5, 0.6) is 0 Å². The summed E-state index contributed by atoms with van der Waals surface area (Å²) in [5, 5.41) is 0. The molecule has 1 aromatic rings. The average Bonchev–Trinajstić information content (AvgIpc) is 2.47. The maximum Gasteiger partial charge on any atom is 0.497 e. The lowest BCUT2D eigenvalue weighted by molar-refractivity contribution is 0.00578. The summed E-state index contributed by atoms with van der Waals surface area (Å²) in [6, 6.07) is 1.54. The molecule has 0 unspecified atom stereocenters. The number of rotatable bonds is 2. The van der Waals surface area contributed by atoms with Gasteiger partial charge in [-0.2, -0.15) is 0 Å². The maximum absolute atomic E-state index is 12.8. The monoisotopic (exact) mass is 270 g/mol. The van der Waals surface area contributed by atoms with Gasteiger partial charge in [0, 0.05) is 11.7 Å². The summed E-state index contributed by atoms with van der Waals surface area (Å²) in [7, 11) is -0.759. The molecule has 0 amide bonds. The normalized spacial score (nSPS) is 21.1. The van der Waals surface area contributed by atoms with E-state index in [1.54, 1.807) is 6.07 Å². The predicted molar refractivity (Wildman–Crippen MR) is 69.3 cm³/mol. The molecule has 2 N–H and O–H groups in total. The highest BCUT2D eigenvalue weighted by molar-refractivity contribution is 6.63. The highest BCUT2D eigenvalue weighted by Gasteiger charge is 2.52. The molecule has 0 atom stereocenters. The third-order valence-corrected chi connectivity index (χ3v) is 3.77. The second kappa shape index (κ2) is 4.42. The first-order valence-corrected chi connectivity index (χ1v) is 6.04. The Kier molecular flexibility index (Phi) is 3.30. The number of halogens is 2. The summed E-state index contributed by atoms with van der Waals surface area (Å²) in [6.07, 6.45) is -1.43. The van der Waals surface area contributed by atoms with Gasteiger partial charge in [0.25, 0.3) is 6.43 Å². The van der Waals surface area contributed by atoms with Crippen molar-refractivity contribution in [2.75, 3.05) is 5.73 Å². The molecule has 0 aliphatic carbocycles. The molecule has 0 saturated carbocycles. The van der Waals surface area contributed by atoms with Crippen molar-refractivity contribution in [3.8, 4) is 0 Å². The Morgan fingerprint density at radius 2 is 1.74 bits per heavy atom. The van der Waals surface area contributed by atoms with Gasteiger partial charge >= 0.3 is 7.12 Å². The van der Waals surface area contributed by atoms with E-state index in [4.69, 9.17) is 15.0 Å². The van der Waals surface area contributed by atoms with Gasteiger partial charge in [-0.1, -0.05) is 0 Å². The average molecular weight is 270 g/mol. The van der Waals surface area contributed by atoms with Gasteiger partial charge in [-0.3, -0.25) is 4.98 Å². The first-order valence-electron chi connectivity index (χ1n) is 6.04. The smallest absolute Gasteiger partial charge is 0.399 e. The Morgan fingerprint density at radius 1 is 1.21 bits per heavy atom. The van der Waals surface area contributed by atoms with Crippen LogP contribution in [0.25, 0.3) is 0 Å². The second-order valence-corrected chi connectivity index (χ2v) is 5.59. The zero-order valence-electron chi connectivity index (χ0n) is 11.4. The van der Waals surface area contributed by atoms with E-state index < -0.39 is 30.4 Å². The highest BCUT2D eigenvalue weighted by atomic mass is 19.3. The van der Waals surface area contributed by atoms with Crippen LogP contribution in [0.3, 0.4) is 0 Å². The van der Waals surface area contributed by atoms with Crippen LogP contribution in [0.1, 0.15) is 39.8 Å². The van der Waals surface area contributed by atoms with Gasteiger partial charge < -0.3 is 15.0 Å². The van der Waals surface area contributed by atoms with Gasteiger partial charge in [0.2, 0.25) is 0 Å². The molecule has 1 aliphatic rings. The number of hydrogen-bond acceptors (Lipinski definition) is 4. The molecule has 0 bridgehead atoms. The molecule has 0 radical (unpaired) electrons. The van der Waals surface area contributed by atoms with E-state index in [-0.39, 0.29) is 5.69 Å². The zero-order valence-corrected chi connectivity index (χ0v) is 11.4. The molecule has 104 valence electrons. The molecular formula is C12H17BF2N2O2. The number of nitrogen functional groups attached to an aromatic ring is 1. The lowest BCUT2D eigenvalue weighted by atomic mass is 9.78. The third-order valence-electron chi connectivity index (χ3n) is 3.77. The highest BCUT2D eigenvalue weighted by Crippen LogP contribution is 2.37. The lowest BCUT2D eigenvalue weighted by Crippen LogP contribution is -2.41. The van der Waals surface area contributed by atoms with Gasteiger partial charge in [0.15, 0.2) is 0 Å².